The van der Waals surface area contributed by atoms with Crippen molar-refractivity contribution in [3.8, 4) is 17.3 Å². The maximum absolute atomic E-state index is 17.0. The van der Waals surface area contributed by atoms with Gasteiger partial charge in [-0.1, -0.05) is 11.6 Å². The van der Waals surface area contributed by atoms with Gasteiger partial charge in [-0.2, -0.15) is 15.1 Å². The van der Waals surface area contributed by atoms with Crippen molar-refractivity contribution in [3.05, 3.63) is 34.9 Å². The highest BCUT2D eigenvalue weighted by Crippen LogP contribution is 2.42. The molecule has 0 aliphatic carbocycles. The Morgan fingerprint density at radius 3 is 2.94 bits per heavy atom. The average molecular weight is 688 g/mol. The van der Waals surface area contributed by atoms with Gasteiger partial charge >= 0.3 is 12.2 Å². The van der Waals surface area contributed by atoms with E-state index in [1.807, 2.05) is 0 Å². The molecule has 1 aromatic carbocycles. The van der Waals surface area contributed by atoms with Crippen LogP contribution in [-0.2, 0) is 20.6 Å². The second kappa shape index (κ2) is 12.2. The second-order valence-corrected chi connectivity index (χ2v) is 13.4. The minimum Gasteiger partial charge on any atom is -0.461 e. The van der Waals surface area contributed by atoms with Crippen LogP contribution in [0.5, 0.6) is 6.01 Å². The average Bonchev–Trinajstić information content (AvgIpc) is 3.72. The lowest BCUT2D eigenvalue weighted by Gasteiger charge is -2.33. The number of rotatable bonds is 4. The van der Waals surface area contributed by atoms with Crippen molar-refractivity contribution in [2.75, 3.05) is 64.2 Å². The number of carbonyl (C=O) groups is 1. The summed E-state index contributed by atoms with van der Waals surface area (Å²) in [6.45, 7) is -0.00235. The Balaban J connectivity index is 1.31. The first-order valence-corrected chi connectivity index (χ1v) is 16.4. The maximum atomic E-state index is 17.0. The number of carbonyl (C=O) groups excluding carboxylic acids is 1. The maximum Gasteiger partial charge on any atom is 0.509 e. The number of aromatic nitrogens is 5. The second-order valence-electron chi connectivity index (χ2n) is 13.0. The number of anilines is 1. The van der Waals surface area contributed by atoms with Crippen molar-refractivity contribution < 1.29 is 36.9 Å². The molecule has 0 unspecified atom stereocenters. The molecule has 9 rings (SSSR count). The molecule has 5 aliphatic rings. The summed E-state index contributed by atoms with van der Waals surface area (Å²) in [4.78, 5) is 30.4. The summed E-state index contributed by atoms with van der Waals surface area (Å²) in [6.07, 6.45) is 3.60. The summed E-state index contributed by atoms with van der Waals surface area (Å²) in [5.41, 5.74) is -0.769. The minimum atomic E-state index is -1.74. The quantitative estimate of drug-likeness (QED) is 0.293. The number of benzene rings is 1. The molecule has 0 radical (unpaired) electrons. The first-order valence-electron chi connectivity index (χ1n) is 16.1. The van der Waals surface area contributed by atoms with Crippen molar-refractivity contribution in [2.45, 2.75) is 49.4 Å². The van der Waals surface area contributed by atoms with Gasteiger partial charge in [0, 0.05) is 41.7 Å². The topological polar surface area (TPSA) is 128 Å². The molecule has 0 amide bonds. The fraction of sp³-hybridized carbons (Fsp3) is 0.531. The third-order valence-corrected chi connectivity index (χ3v) is 10.2. The molecule has 48 heavy (non-hydrogen) atoms. The van der Waals surface area contributed by atoms with Gasteiger partial charge in [-0.15, -0.1) is 0 Å². The summed E-state index contributed by atoms with van der Waals surface area (Å²) < 4.78 is 69.2. The monoisotopic (exact) mass is 687 g/mol. The van der Waals surface area contributed by atoms with Crippen molar-refractivity contribution >= 4 is 45.4 Å². The summed E-state index contributed by atoms with van der Waals surface area (Å²) in [7, 11) is 0. The number of nitrogens with one attached hydrogen (secondary N) is 1. The smallest absolute Gasteiger partial charge is 0.461 e. The number of nitrogens with zero attached hydrogens (tertiary/aromatic N) is 6. The van der Waals surface area contributed by atoms with Crippen LogP contribution in [0.4, 0.5) is 23.8 Å². The Bertz CT molecular complexity index is 1900. The van der Waals surface area contributed by atoms with Gasteiger partial charge in [0.15, 0.2) is 11.4 Å². The van der Waals surface area contributed by atoms with E-state index in [-0.39, 0.29) is 74.4 Å². The van der Waals surface area contributed by atoms with Crippen LogP contribution in [0.2, 0.25) is 5.02 Å². The zero-order valence-corrected chi connectivity index (χ0v) is 26.7. The van der Waals surface area contributed by atoms with E-state index >= 15 is 4.39 Å². The third kappa shape index (κ3) is 5.35. The van der Waals surface area contributed by atoms with Gasteiger partial charge in [-0.05, 0) is 43.9 Å². The van der Waals surface area contributed by atoms with Gasteiger partial charge < -0.3 is 23.8 Å². The Morgan fingerprint density at radius 2 is 2.06 bits per heavy atom. The number of hydrogen-bond donors (Lipinski definition) is 1. The molecule has 12 nitrogen and oxygen atoms in total. The fourth-order valence-electron chi connectivity index (χ4n) is 7.63. The lowest BCUT2D eigenvalue weighted by molar-refractivity contribution is -0.0779. The lowest BCUT2D eigenvalue weighted by atomic mass is 9.95. The first-order chi connectivity index (χ1) is 23.3. The Labute approximate surface area is 277 Å². The molecule has 3 aromatic heterocycles. The summed E-state index contributed by atoms with van der Waals surface area (Å²) in [6, 6.07) is 1.57. The van der Waals surface area contributed by atoms with Crippen molar-refractivity contribution in [2.24, 2.45) is 0 Å². The van der Waals surface area contributed by atoms with E-state index < -0.39 is 36.0 Å². The van der Waals surface area contributed by atoms with Crippen LogP contribution in [0.3, 0.4) is 0 Å². The molecule has 4 aromatic rings. The predicted molar refractivity (Wildman–Crippen MR) is 168 cm³/mol. The van der Waals surface area contributed by atoms with Crippen LogP contribution in [0, 0.1) is 5.82 Å². The van der Waals surface area contributed by atoms with Crippen LogP contribution < -0.4 is 9.64 Å². The van der Waals surface area contributed by atoms with Crippen molar-refractivity contribution in [1.29, 1.82) is 0 Å². The first kappa shape index (κ1) is 31.3. The Kier molecular flexibility index (Phi) is 7.95. The van der Waals surface area contributed by atoms with Crippen LogP contribution in [-0.4, -0.2) is 113 Å². The van der Waals surface area contributed by atoms with E-state index in [0.29, 0.717) is 46.4 Å². The fourth-order valence-corrected chi connectivity index (χ4v) is 7.93. The van der Waals surface area contributed by atoms with Gasteiger partial charge in [0.25, 0.3) is 0 Å². The van der Waals surface area contributed by atoms with Gasteiger partial charge in [-0.25, -0.2) is 18.0 Å². The number of hydrogen-bond acceptors (Lipinski definition) is 11. The van der Waals surface area contributed by atoms with Gasteiger partial charge in [0.05, 0.1) is 49.0 Å². The number of aromatic amines is 1. The summed E-state index contributed by atoms with van der Waals surface area (Å²) in [5, 5.41) is 8.19. The van der Waals surface area contributed by atoms with Gasteiger partial charge in [0.1, 0.15) is 36.5 Å². The van der Waals surface area contributed by atoms with Crippen molar-refractivity contribution in [1.82, 2.24) is 30.0 Å². The molecular formula is C32H33ClF3N7O5. The normalized spacial score (nSPS) is 26.5. The van der Waals surface area contributed by atoms with Crippen LogP contribution in [0.1, 0.15) is 31.2 Å². The van der Waals surface area contributed by atoms with E-state index in [1.54, 1.807) is 17.2 Å². The van der Waals surface area contributed by atoms with E-state index in [1.165, 1.54) is 6.20 Å². The van der Waals surface area contributed by atoms with Crippen LogP contribution >= 0.6 is 11.6 Å². The molecule has 254 valence electrons. The summed E-state index contributed by atoms with van der Waals surface area (Å²) >= 11 is 6.74. The van der Waals surface area contributed by atoms with E-state index in [0.717, 1.165) is 19.4 Å². The lowest BCUT2D eigenvalue weighted by Crippen LogP contribution is -2.50. The molecule has 1 N–H and O–H groups in total. The Hall–Kier alpha value is -3.95. The van der Waals surface area contributed by atoms with E-state index in [2.05, 4.69) is 30.0 Å². The molecule has 3 atom stereocenters. The summed E-state index contributed by atoms with van der Waals surface area (Å²) in [5.74, 6) is -0.550. The Morgan fingerprint density at radius 1 is 1.17 bits per heavy atom. The zero-order valence-electron chi connectivity index (χ0n) is 25.9. The molecular weight excluding hydrogens is 655 g/mol. The highest BCUT2D eigenvalue weighted by Gasteiger charge is 2.49. The van der Waals surface area contributed by atoms with Crippen LogP contribution in [0.25, 0.3) is 33.1 Å². The van der Waals surface area contributed by atoms with Gasteiger partial charge in [-0.3, -0.25) is 15.0 Å². The molecule has 3 fully saturated rings. The molecule has 3 saturated heterocycles. The molecule has 0 spiro atoms. The number of fused-ring (bicyclic) bond motifs is 8. The zero-order chi connectivity index (χ0) is 33.0. The minimum absolute atomic E-state index is 0.0108. The third-order valence-electron chi connectivity index (χ3n) is 9.89. The standard InChI is InChI=1S/C32H33ClF3N7O5/c33-22-9-23-20(12-38-41-23)24-19(22)3-1-7-46-30(44)48-32(14-34)15-42(6-8-45-17-32)28-21-11-37-27(24)25(36)26(21)39-29(40-28)47-16-31-4-2-5-43(31)13-18(35)10-31/h9,11-12,18H,1-8,10,13-17H2,(H,38,41)/t18-,31+,32+/m1/s1. The molecule has 5 aliphatic heterocycles. The van der Waals surface area contributed by atoms with E-state index in [4.69, 9.17) is 30.5 Å². The van der Waals surface area contributed by atoms with E-state index in [9.17, 15) is 13.6 Å². The predicted octanol–water partition coefficient (Wildman–Crippen LogP) is 4.96. The number of H-pyrrole nitrogens is 1. The number of pyridine rings is 1. The van der Waals surface area contributed by atoms with Crippen LogP contribution in [0.15, 0.2) is 18.5 Å². The molecule has 8 heterocycles. The molecule has 16 heteroatoms. The van der Waals surface area contributed by atoms with Crippen molar-refractivity contribution in [3.63, 3.8) is 0 Å². The highest BCUT2D eigenvalue weighted by atomic mass is 35.5. The highest BCUT2D eigenvalue weighted by molar-refractivity contribution is 6.33. The SMILES string of the molecule is O=C1OCCCc2c(Cl)cc3[nH]ncc3c2-c2ncc3c(nc(OC[C@@]45CCCN4C[C@H](F)C5)nc3c2F)N2CCOC[C@](CF)(C2)O1. The number of ether oxygens (including phenoxy) is 4. The number of alkyl halides is 2. The molecule has 6 bridgehead atoms. The van der Waals surface area contributed by atoms with Gasteiger partial charge in [0.2, 0.25) is 0 Å². The number of halogens is 4. The largest absolute Gasteiger partial charge is 0.509 e. The molecule has 0 saturated carbocycles.